The number of carbonyl (C=O) groups excluding carboxylic acids is 1. The van der Waals surface area contributed by atoms with Crippen molar-refractivity contribution in [1.82, 2.24) is 0 Å². The number of halogens is 2. The molecule has 0 aromatic heterocycles. The van der Waals surface area contributed by atoms with Crippen LogP contribution in [-0.4, -0.2) is 23.7 Å². The van der Waals surface area contributed by atoms with Gasteiger partial charge in [0.1, 0.15) is 5.82 Å². The van der Waals surface area contributed by atoms with E-state index >= 15 is 0 Å². The average molecular weight is 338 g/mol. The Morgan fingerprint density at radius 1 is 1.44 bits per heavy atom. The predicted molar refractivity (Wildman–Crippen MR) is 62.0 cm³/mol. The molecule has 6 heteroatoms. The van der Waals surface area contributed by atoms with Gasteiger partial charge in [0.05, 0.1) is 17.7 Å². The summed E-state index contributed by atoms with van der Waals surface area (Å²) < 4.78 is 18.0. The molecule has 1 aromatic carbocycles. The summed E-state index contributed by atoms with van der Waals surface area (Å²) in [4.78, 5) is 22.2. The first-order valence-electron chi connectivity index (χ1n) is 4.36. The number of hydrogen-bond acceptors (Lipinski definition) is 3. The molecule has 0 amide bonds. The first-order valence-corrected chi connectivity index (χ1v) is 5.44. The highest BCUT2D eigenvalue weighted by Crippen LogP contribution is 2.19. The Bertz CT molecular complexity index is 445. The van der Waals surface area contributed by atoms with Crippen molar-refractivity contribution < 1.29 is 23.8 Å². The Kier molecular flexibility index (Phi) is 4.22. The SMILES string of the molecule is CCOC(=O)c1cc(I)c(F)cc1C(=O)O. The van der Waals surface area contributed by atoms with E-state index in [9.17, 15) is 14.0 Å². The Morgan fingerprint density at radius 2 is 2.06 bits per heavy atom. The molecular formula is C10H8FIO4. The Labute approximate surface area is 105 Å². The number of benzene rings is 1. The van der Waals surface area contributed by atoms with Crippen molar-refractivity contribution in [2.45, 2.75) is 6.92 Å². The van der Waals surface area contributed by atoms with E-state index in [2.05, 4.69) is 4.74 Å². The van der Waals surface area contributed by atoms with Gasteiger partial charge in [0.15, 0.2) is 0 Å². The van der Waals surface area contributed by atoms with Crippen molar-refractivity contribution in [2.75, 3.05) is 6.61 Å². The first-order chi connectivity index (χ1) is 7.47. The molecule has 1 rings (SSSR count). The highest BCUT2D eigenvalue weighted by atomic mass is 127. The lowest BCUT2D eigenvalue weighted by Crippen LogP contribution is -2.12. The normalized spacial score (nSPS) is 9.94. The molecule has 0 heterocycles. The lowest BCUT2D eigenvalue weighted by Gasteiger charge is -2.06. The summed E-state index contributed by atoms with van der Waals surface area (Å²) in [6, 6.07) is 1.98. The summed E-state index contributed by atoms with van der Waals surface area (Å²) in [7, 11) is 0. The Hall–Kier alpha value is -1.18. The molecule has 0 fully saturated rings. The number of aromatic carboxylic acids is 1. The van der Waals surface area contributed by atoms with E-state index in [1.165, 1.54) is 0 Å². The van der Waals surface area contributed by atoms with Crippen molar-refractivity contribution in [3.63, 3.8) is 0 Å². The third-order valence-corrected chi connectivity index (χ3v) is 2.61. The monoisotopic (exact) mass is 338 g/mol. The quantitative estimate of drug-likeness (QED) is 0.679. The number of carboxylic acid groups (broad SMARTS) is 1. The van der Waals surface area contributed by atoms with Gasteiger partial charge >= 0.3 is 11.9 Å². The van der Waals surface area contributed by atoms with Gasteiger partial charge in [-0.3, -0.25) is 0 Å². The fourth-order valence-corrected chi connectivity index (χ4v) is 1.57. The van der Waals surface area contributed by atoms with E-state index in [4.69, 9.17) is 5.11 Å². The summed E-state index contributed by atoms with van der Waals surface area (Å²) in [6.07, 6.45) is 0. The van der Waals surface area contributed by atoms with Crippen molar-refractivity contribution in [3.8, 4) is 0 Å². The number of esters is 1. The smallest absolute Gasteiger partial charge is 0.339 e. The molecule has 0 unspecified atom stereocenters. The molecular weight excluding hydrogens is 330 g/mol. The number of carboxylic acids is 1. The van der Waals surface area contributed by atoms with Crippen LogP contribution in [0.5, 0.6) is 0 Å². The van der Waals surface area contributed by atoms with Crippen LogP contribution in [0.2, 0.25) is 0 Å². The Balaban J connectivity index is 3.30. The van der Waals surface area contributed by atoms with Gasteiger partial charge in [-0.1, -0.05) is 0 Å². The highest BCUT2D eigenvalue weighted by Gasteiger charge is 2.20. The minimum atomic E-state index is -1.36. The molecule has 0 spiro atoms. The molecule has 0 aliphatic carbocycles. The van der Waals surface area contributed by atoms with Crippen LogP contribution in [-0.2, 0) is 4.74 Å². The van der Waals surface area contributed by atoms with Gasteiger partial charge in [-0.25, -0.2) is 14.0 Å². The van der Waals surface area contributed by atoms with Gasteiger partial charge in [-0.05, 0) is 41.6 Å². The summed E-state index contributed by atoms with van der Waals surface area (Å²) in [5, 5.41) is 8.82. The topological polar surface area (TPSA) is 63.6 Å². The third kappa shape index (κ3) is 2.69. The minimum Gasteiger partial charge on any atom is -0.478 e. The van der Waals surface area contributed by atoms with Crippen LogP contribution in [0.1, 0.15) is 27.6 Å². The number of rotatable bonds is 3. The number of ether oxygens (including phenoxy) is 1. The second kappa shape index (κ2) is 5.24. The molecule has 0 radical (unpaired) electrons. The maximum absolute atomic E-state index is 13.1. The van der Waals surface area contributed by atoms with Gasteiger partial charge in [-0.15, -0.1) is 0 Å². The first kappa shape index (κ1) is 12.9. The lowest BCUT2D eigenvalue weighted by atomic mass is 10.1. The predicted octanol–water partition coefficient (Wildman–Crippen LogP) is 2.31. The molecule has 0 aliphatic heterocycles. The highest BCUT2D eigenvalue weighted by molar-refractivity contribution is 14.1. The fourth-order valence-electron chi connectivity index (χ4n) is 1.10. The van der Waals surface area contributed by atoms with Crippen molar-refractivity contribution in [2.24, 2.45) is 0 Å². The second-order valence-corrected chi connectivity index (χ2v) is 4.00. The molecule has 0 aliphatic rings. The third-order valence-electron chi connectivity index (χ3n) is 1.79. The summed E-state index contributed by atoms with van der Waals surface area (Å²) >= 11 is 1.68. The number of carbonyl (C=O) groups is 2. The van der Waals surface area contributed by atoms with Gasteiger partial charge in [-0.2, -0.15) is 0 Å². The van der Waals surface area contributed by atoms with E-state index in [0.29, 0.717) is 0 Å². The summed E-state index contributed by atoms with van der Waals surface area (Å²) in [5.41, 5.74) is -0.531. The van der Waals surface area contributed by atoms with Crippen LogP contribution in [0.15, 0.2) is 12.1 Å². The van der Waals surface area contributed by atoms with E-state index in [1.807, 2.05) is 0 Å². The van der Waals surface area contributed by atoms with Gasteiger partial charge in [0.25, 0.3) is 0 Å². The van der Waals surface area contributed by atoms with Crippen LogP contribution in [0, 0.1) is 9.39 Å². The van der Waals surface area contributed by atoms with E-state index in [0.717, 1.165) is 12.1 Å². The maximum atomic E-state index is 13.1. The van der Waals surface area contributed by atoms with Crippen LogP contribution in [0.4, 0.5) is 4.39 Å². The summed E-state index contributed by atoms with van der Waals surface area (Å²) in [5.74, 6) is -2.80. The molecule has 4 nitrogen and oxygen atoms in total. The molecule has 0 atom stereocenters. The average Bonchev–Trinajstić information content (AvgIpc) is 2.21. The molecule has 1 N–H and O–H groups in total. The van der Waals surface area contributed by atoms with Crippen LogP contribution in [0.3, 0.4) is 0 Å². The van der Waals surface area contributed by atoms with Gasteiger partial charge < -0.3 is 9.84 Å². The largest absolute Gasteiger partial charge is 0.478 e. The van der Waals surface area contributed by atoms with Crippen LogP contribution in [0.25, 0.3) is 0 Å². The maximum Gasteiger partial charge on any atom is 0.339 e. The molecule has 1 aromatic rings. The molecule has 0 bridgehead atoms. The van der Waals surface area contributed by atoms with Gasteiger partial charge in [0, 0.05) is 3.57 Å². The number of hydrogen-bond donors (Lipinski definition) is 1. The lowest BCUT2D eigenvalue weighted by molar-refractivity contribution is 0.0514. The molecule has 16 heavy (non-hydrogen) atoms. The van der Waals surface area contributed by atoms with Crippen molar-refractivity contribution in [1.29, 1.82) is 0 Å². The van der Waals surface area contributed by atoms with Gasteiger partial charge in [0.2, 0.25) is 0 Å². The van der Waals surface area contributed by atoms with Crippen LogP contribution < -0.4 is 0 Å². The zero-order valence-electron chi connectivity index (χ0n) is 8.29. The molecule has 0 saturated heterocycles. The van der Waals surface area contributed by atoms with E-state index in [-0.39, 0.29) is 15.7 Å². The molecule has 86 valence electrons. The zero-order valence-corrected chi connectivity index (χ0v) is 10.4. The standard InChI is InChI=1S/C10H8FIO4/c1-2-16-10(15)6-4-8(12)7(11)3-5(6)9(13)14/h3-4H,2H2,1H3,(H,13,14). The summed E-state index contributed by atoms with van der Waals surface area (Å²) in [6.45, 7) is 1.73. The fraction of sp³-hybridized carbons (Fsp3) is 0.200. The van der Waals surface area contributed by atoms with E-state index in [1.54, 1.807) is 29.5 Å². The zero-order chi connectivity index (χ0) is 12.3. The minimum absolute atomic E-state index is 0.131. The molecule has 0 saturated carbocycles. The van der Waals surface area contributed by atoms with E-state index < -0.39 is 23.3 Å². The van der Waals surface area contributed by atoms with Crippen molar-refractivity contribution >= 4 is 34.5 Å². The van der Waals surface area contributed by atoms with Crippen LogP contribution >= 0.6 is 22.6 Å². The Morgan fingerprint density at radius 3 is 2.56 bits per heavy atom. The van der Waals surface area contributed by atoms with Crippen molar-refractivity contribution in [3.05, 3.63) is 32.6 Å². The second-order valence-electron chi connectivity index (χ2n) is 2.84.